The number of anilines is 1. The monoisotopic (exact) mass is 338 g/mol. The Kier molecular flexibility index (Phi) is 5.38. The van der Waals surface area contributed by atoms with E-state index in [1.165, 1.54) is 4.68 Å². The molecule has 1 aromatic carbocycles. The van der Waals surface area contributed by atoms with Crippen LogP contribution in [0.15, 0.2) is 60.9 Å². The molecule has 7 nitrogen and oxygen atoms in total. The van der Waals surface area contributed by atoms with Gasteiger partial charge in [-0.3, -0.25) is 10.3 Å². The molecule has 2 aromatic heterocycles. The van der Waals surface area contributed by atoms with E-state index < -0.39 is 6.09 Å². The number of aliphatic hydroxyl groups is 1. The first-order chi connectivity index (χ1) is 12.3. The second-order valence-electron chi connectivity index (χ2n) is 5.29. The maximum absolute atomic E-state index is 12.0. The number of aromatic nitrogens is 3. The highest BCUT2D eigenvalue weighted by Gasteiger charge is 2.13. The van der Waals surface area contributed by atoms with Crippen LogP contribution < -0.4 is 5.32 Å². The summed E-state index contributed by atoms with van der Waals surface area (Å²) in [7, 11) is 0. The fourth-order valence-corrected chi connectivity index (χ4v) is 2.30. The van der Waals surface area contributed by atoms with Gasteiger partial charge in [0.2, 0.25) is 0 Å². The van der Waals surface area contributed by atoms with Gasteiger partial charge in [0.25, 0.3) is 0 Å². The van der Waals surface area contributed by atoms with Crippen molar-refractivity contribution in [3.8, 4) is 11.3 Å². The van der Waals surface area contributed by atoms with Gasteiger partial charge in [0.1, 0.15) is 12.4 Å². The zero-order valence-electron chi connectivity index (χ0n) is 13.5. The van der Waals surface area contributed by atoms with Gasteiger partial charge in [-0.2, -0.15) is 5.10 Å². The van der Waals surface area contributed by atoms with Gasteiger partial charge in [0, 0.05) is 24.0 Å². The normalized spacial score (nSPS) is 10.4. The molecule has 25 heavy (non-hydrogen) atoms. The lowest BCUT2D eigenvalue weighted by molar-refractivity contribution is 0.154. The Morgan fingerprint density at radius 1 is 1.20 bits per heavy atom. The molecule has 0 unspecified atom stereocenters. The molecule has 0 spiro atoms. The lowest BCUT2D eigenvalue weighted by Gasteiger charge is -2.08. The highest BCUT2D eigenvalue weighted by Crippen LogP contribution is 2.21. The Balaban J connectivity index is 1.70. The van der Waals surface area contributed by atoms with Gasteiger partial charge in [-0.25, -0.2) is 9.48 Å². The van der Waals surface area contributed by atoms with E-state index in [2.05, 4.69) is 15.4 Å². The maximum Gasteiger partial charge on any atom is 0.413 e. The number of carbonyl (C=O) groups is 1. The summed E-state index contributed by atoms with van der Waals surface area (Å²) in [5, 5.41) is 16.2. The van der Waals surface area contributed by atoms with Gasteiger partial charge >= 0.3 is 6.09 Å². The number of nitrogens with zero attached hydrogens (tertiary/aromatic N) is 3. The topological polar surface area (TPSA) is 89.3 Å². The molecule has 3 aromatic rings. The van der Waals surface area contributed by atoms with Gasteiger partial charge in [0.15, 0.2) is 0 Å². The van der Waals surface area contributed by atoms with E-state index in [0.29, 0.717) is 11.5 Å². The fourth-order valence-electron chi connectivity index (χ4n) is 2.30. The molecule has 0 saturated carbocycles. The van der Waals surface area contributed by atoms with Crippen molar-refractivity contribution in [2.24, 2.45) is 0 Å². The van der Waals surface area contributed by atoms with Crippen LogP contribution in [0.4, 0.5) is 10.6 Å². The van der Waals surface area contributed by atoms with E-state index in [-0.39, 0.29) is 19.8 Å². The molecule has 128 valence electrons. The van der Waals surface area contributed by atoms with Crippen molar-refractivity contribution in [3.63, 3.8) is 0 Å². The SMILES string of the molecule is O=C(Nc1cc(-c2cccnc2)nn1CCO)OCc1ccccc1. The number of benzene rings is 1. The van der Waals surface area contributed by atoms with E-state index >= 15 is 0 Å². The van der Waals surface area contributed by atoms with Gasteiger partial charge in [0.05, 0.1) is 18.8 Å². The summed E-state index contributed by atoms with van der Waals surface area (Å²) in [6.45, 7) is 0.340. The third kappa shape index (κ3) is 4.42. The second kappa shape index (κ2) is 8.07. The van der Waals surface area contributed by atoms with E-state index in [9.17, 15) is 9.90 Å². The summed E-state index contributed by atoms with van der Waals surface area (Å²) >= 11 is 0. The summed E-state index contributed by atoms with van der Waals surface area (Å²) in [5.74, 6) is 0.450. The highest BCUT2D eigenvalue weighted by atomic mass is 16.5. The molecule has 3 rings (SSSR count). The zero-order chi connectivity index (χ0) is 17.5. The Labute approximate surface area is 144 Å². The number of pyridine rings is 1. The quantitative estimate of drug-likeness (QED) is 0.721. The van der Waals surface area contributed by atoms with Gasteiger partial charge in [-0.1, -0.05) is 30.3 Å². The van der Waals surface area contributed by atoms with Crippen molar-refractivity contribution >= 4 is 11.9 Å². The minimum Gasteiger partial charge on any atom is -0.444 e. The van der Waals surface area contributed by atoms with Crippen LogP contribution in [-0.4, -0.2) is 32.6 Å². The molecule has 2 N–H and O–H groups in total. The molecular weight excluding hydrogens is 320 g/mol. The van der Waals surface area contributed by atoms with Crippen LogP contribution in [0.1, 0.15) is 5.56 Å². The van der Waals surface area contributed by atoms with Crippen molar-refractivity contribution in [1.29, 1.82) is 0 Å². The van der Waals surface area contributed by atoms with Crippen LogP contribution in [0.2, 0.25) is 0 Å². The molecular formula is C18H18N4O3. The fraction of sp³-hybridized carbons (Fsp3) is 0.167. The minimum atomic E-state index is -0.583. The van der Waals surface area contributed by atoms with Crippen molar-refractivity contribution < 1.29 is 14.6 Å². The van der Waals surface area contributed by atoms with Crippen molar-refractivity contribution in [2.45, 2.75) is 13.2 Å². The van der Waals surface area contributed by atoms with Crippen LogP contribution in [0.25, 0.3) is 11.3 Å². The number of carbonyl (C=O) groups excluding carboxylic acids is 1. The number of nitrogens with one attached hydrogen (secondary N) is 1. The minimum absolute atomic E-state index is 0.0953. The predicted octanol–water partition coefficient (Wildman–Crippen LogP) is 2.69. The molecule has 0 radical (unpaired) electrons. The number of amides is 1. The Morgan fingerprint density at radius 2 is 2.04 bits per heavy atom. The van der Waals surface area contributed by atoms with Gasteiger partial charge in [-0.15, -0.1) is 0 Å². The standard InChI is InChI=1S/C18H18N4O3/c23-10-9-22-17(11-16(21-22)15-7-4-8-19-12-15)20-18(24)25-13-14-5-2-1-3-6-14/h1-8,11-12,23H,9-10,13H2,(H,20,24). The number of hydrogen-bond acceptors (Lipinski definition) is 5. The third-order valence-corrected chi connectivity index (χ3v) is 3.49. The molecule has 0 aliphatic carbocycles. The van der Waals surface area contributed by atoms with Crippen molar-refractivity contribution in [1.82, 2.24) is 14.8 Å². The third-order valence-electron chi connectivity index (χ3n) is 3.49. The Bertz CT molecular complexity index is 819. The molecule has 0 saturated heterocycles. The highest BCUT2D eigenvalue weighted by molar-refractivity contribution is 5.84. The van der Waals surface area contributed by atoms with E-state index in [0.717, 1.165) is 11.1 Å². The summed E-state index contributed by atoms with van der Waals surface area (Å²) in [4.78, 5) is 16.1. The maximum atomic E-state index is 12.0. The lowest BCUT2D eigenvalue weighted by Crippen LogP contribution is -2.17. The Morgan fingerprint density at radius 3 is 2.76 bits per heavy atom. The van der Waals surface area contributed by atoms with Crippen LogP contribution in [-0.2, 0) is 17.9 Å². The van der Waals surface area contributed by atoms with Gasteiger partial charge in [-0.05, 0) is 17.7 Å². The first-order valence-electron chi connectivity index (χ1n) is 7.83. The van der Waals surface area contributed by atoms with Crippen LogP contribution >= 0.6 is 0 Å². The zero-order valence-corrected chi connectivity index (χ0v) is 13.5. The summed E-state index contributed by atoms with van der Waals surface area (Å²) < 4.78 is 6.73. The molecule has 0 atom stereocenters. The molecule has 0 fully saturated rings. The van der Waals surface area contributed by atoms with Crippen LogP contribution in [0, 0.1) is 0 Å². The van der Waals surface area contributed by atoms with Crippen LogP contribution in [0.5, 0.6) is 0 Å². The van der Waals surface area contributed by atoms with Crippen LogP contribution in [0.3, 0.4) is 0 Å². The Hall–Kier alpha value is -3.19. The smallest absolute Gasteiger partial charge is 0.413 e. The molecule has 7 heteroatoms. The lowest BCUT2D eigenvalue weighted by atomic mass is 10.2. The number of rotatable bonds is 6. The van der Waals surface area contributed by atoms with E-state index in [1.807, 2.05) is 42.5 Å². The molecule has 0 aliphatic rings. The van der Waals surface area contributed by atoms with E-state index in [1.54, 1.807) is 18.5 Å². The first-order valence-corrected chi connectivity index (χ1v) is 7.83. The van der Waals surface area contributed by atoms with Crippen molar-refractivity contribution in [3.05, 3.63) is 66.5 Å². The van der Waals surface area contributed by atoms with E-state index in [4.69, 9.17) is 4.74 Å². The summed E-state index contributed by atoms with van der Waals surface area (Å²) in [5.41, 5.74) is 2.37. The second-order valence-corrected chi connectivity index (χ2v) is 5.29. The van der Waals surface area contributed by atoms with Crippen molar-refractivity contribution in [2.75, 3.05) is 11.9 Å². The predicted molar refractivity (Wildman–Crippen MR) is 92.8 cm³/mol. The summed E-state index contributed by atoms with van der Waals surface area (Å²) in [6.07, 6.45) is 2.78. The first kappa shape index (κ1) is 16.7. The largest absolute Gasteiger partial charge is 0.444 e. The average molecular weight is 338 g/mol. The number of aliphatic hydroxyl groups excluding tert-OH is 1. The molecule has 1 amide bonds. The van der Waals surface area contributed by atoms with Gasteiger partial charge < -0.3 is 9.84 Å². The number of ether oxygens (including phenoxy) is 1. The molecule has 2 heterocycles. The molecule has 0 bridgehead atoms. The molecule has 0 aliphatic heterocycles. The average Bonchev–Trinajstić information content (AvgIpc) is 3.04. The summed E-state index contributed by atoms with van der Waals surface area (Å²) in [6, 6.07) is 14.8. The number of hydrogen-bond donors (Lipinski definition) is 2.